The van der Waals surface area contributed by atoms with Gasteiger partial charge < -0.3 is 14.8 Å². The molecule has 1 aliphatic rings. The van der Waals surface area contributed by atoms with E-state index < -0.39 is 0 Å². The summed E-state index contributed by atoms with van der Waals surface area (Å²) in [7, 11) is 0. The van der Waals surface area contributed by atoms with E-state index in [0.29, 0.717) is 36.0 Å². The van der Waals surface area contributed by atoms with E-state index in [1.165, 1.54) is 0 Å². The minimum Gasteiger partial charge on any atom is -0.493 e. The Morgan fingerprint density at radius 1 is 0.810 bits per heavy atom. The number of amides is 1. The highest BCUT2D eigenvalue weighted by Crippen LogP contribution is 2.27. The van der Waals surface area contributed by atoms with Crippen LogP contribution in [0.5, 0.6) is 11.5 Å². The molecule has 3 rings (SSSR count). The first-order valence-corrected chi connectivity index (χ1v) is 7.09. The van der Waals surface area contributed by atoms with E-state index >= 15 is 0 Å². The molecule has 0 saturated heterocycles. The van der Waals surface area contributed by atoms with Crippen LogP contribution in [0.2, 0.25) is 0 Å². The van der Waals surface area contributed by atoms with E-state index in [0.717, 1.165) is 12.8 Å². The third-order valence-electron chi connectivity index (χ3n) is 3.32. The fraction of sp³-hybridized carbons (Fsp3) is 0.235. The molecule has 21 heavy (non-hydrogen) atoms. The molecule has 1 amide bonds. The van der Waals surface area contributed by atoms with Crippen molar-refractivity contribution in [2.24, 2.45) is 0 Å². The molecule has 1 aliphatic heterocycles. The molecule has 4 nitrogen and oxygen atoms in total. The molecule has 4 heteroatoms. The Morgan fingerprint density at radius 3 is 2.24 bits per heavy atom. The topological polar surface area (TPSA) is 47.6 Å². The molecule has 2 aromatic rings. The van der Waals surface area contributed by atoms with Crippen LogP contribution >= 0.6 is 0 Å². The molecule has 0 radical (unpaired) electrons. The molecular formula is C17H17NO3. The van der Waals surface area contributed by atoms with Crippen molar-refractivity contribution in [2.75, 3.05) is 18.5 Å². The number of anilines is 1. The van der Waals surface area contributed by atoms with Gasteiger partial charge in [0.25, 0.3) is 5.91 Å². The smallest absolute Gasteiger partial charge is 0.259 e. The maximum Gasteiger partial charge on any atom is 0.259 e. The lowest BCUT2D eigenvalue weighted by Gasteiger charge is -2.16. The summed E-state index contributed by atoms with van der Waals surface area (Å²) >= 11 is 0. The second kappa shape index (κ2) is 6.31. The Labute approximate surface area is 123 Å². The maximum absolute atomic E-state index is 12.4. The van der Waals surface area contributed by atoms with Crippen LogP contribution in [-0.4, -0.2) is 19.1 Å². The van der Waals surface area contributed by atoms with Crippen molar-refractivity contribution in [1.29, 1.82) is 0 Å². The minimum atomic E-state index is -0.192. The van der Waals surface area contributed by atoms with Gasteiger partial charge in [-0.05, 0) is 37.1 Å². The van der Waals surface area contributed by atoms with Gasteiger partial charge in [0.2, 0.25) is 0 Å². The van der Waals surface area contributed by atoms with E-state index in [9.17, 15) is 4.79 Å². The SMILES string of the molecule is O=C1Nc2ccccc2OCCCCOc2ccccc21. The van der Waals surface area contributed by atoms with Crippen molar-refractivity contribution in [3.63, 3.8) is 0 Å². The number of benzene rings is 2. The van der Waals surface area contributed by atoms with Crippen LogP contribution in [0, 0.1) is 0 Å². The quantitative estimate of drug-likeness (QED) is 0.805. The van der Waals surface area contributed by atoms with Crippen molar-refractivity contribution in [3.05, 3.63) is 54.1 Å². The van der Waals surface area contributed by atoms with Crippen LogP contribution < -0.4 is 14.8 Å². The fourth-order valence-electron chi connectivity index (χ4n) is 2.23. The lowest BCUT2D eigenvalue weighted by molar-refractivity contribution is 0.102. The van der Waals surface area contributed by atoms with Gasteiger partial charge in [0.05, 0.1) is 24.5 Å². The molecule has 2 aromatic carbocycles. The van der Waals surface area contributed by atoms with Crippen molar-refractivity contribution in [2.45, 2.75) is 12.8 Å². The van der Waals surface area contributed by atoms with Crippen LogP contribution in [0.15, 0.2) is 48.5 Å². The number of fused-ring (bicyclic) bond motifs is 2. The number of carbonyl (C=O) groups is 1. The maximum atomic E-state index is 12.4. The van der Waals surface area contributed by atoms with Crippen molar-refractivity contribution in [3.8, 4) is 11.5 Å². The van der Waals surface area contributed by atoms with Crippen LogP contribution in [0.25, 0.3) is 0 Å². The average molecular weight is 283 g/mol. The first-order valence-electron chi connectivity index (χ1n) is 7.09. The van der Waals surface area contributed by atoms with E-state index in [2.05, 4.69) is 5.32 Å². The Bertz CT molecular complexity index is 639. The number of hydrogen-bond donors (Lipinski definition) is 1. The summed E-state index contributed by atoms with van der Waals surface area (Å²) in [5.74, 6) is 1.13. The molecule has 1 N–H and O–H groups in total. The van der Waals surface area contributed by atoms with Gasteiger partial charge in [0.15, 0.2) is 0 Å². The monoisotopic (exact) mass is 283 g/mol. The summed E-state index contributed by atoms with van der Waals surface area (Å²) in [6.07, 6.45) is 1.79. The summed E-state index contributed by atoms with van der Waals surface area (Å²) < 4.78 is 11.4. The second-order valence-electron chi connectivity index (χ2n) is 4.85. The van der Waals surface area contributed by atoms with Crippen LogP contribution in [0.1, 0.15) is 23.2 Å². The normalized spacial score (nSPS) is 15.1. The zero-order valence-corrected chi connectivity index (χ0v) is 11.7. The molecule has 0 bridgehead atoms. The zero-order valence-electron chi connectivity index (χ0n) is 11.7. The van der Waals surface area contributed by atoms with Gasteiger partial charge in [0, 0.05) is 0 Å². The highest BCUT2D eigenvalue weighted by Gasteiger charge is 2.15. The molecule has 0 aliphatic carbocycles. The lowest BCUT2D eigenvalue weighted by Crippen LogP contribution is -2.16. The zero-order chi connectivity index (χ0) is 14.5. The molecule has 0 aromatic heterocycles. The summed E-state index contributed by atoms with van der Waals surface area (Å²) in [6.45, 7) is 1.19. The van der Waals surface area contributed by atoms with Gasteiger partial charge in [-0.15, -0.1) is 0 Å². The minimum absolute atomic E-state index is 0.192. The number of rotatable bonds is 0. The van der Waals surface area contributed by atoms with E-state index in [4.69, 9.17) is 9.47 Å². The third-order valence-corrected chi connectivity index (χ3v) is 3.32. The first kappa shape index (κ1) is 13.5. The Balaban J connectivity index is 1.95. The van der Waals surface area contributed by atoms with E-state index in [-0.39, 0.29) is 5.91 Å². The van der Waals surface area contributed by atoms with Gasteiger partial charge in [-0.25, -0.2) is 0 Å². The van der Waals surface area contributed by atoms with Gasteiger partial charge in [0.1, 0.15) is 11.5 Å². The highest BCUT2D eigenvalue weighted by molar-refractivity contribution is 6.06. The summed E-state index contributed by atoms with van der Waals surface area (Å²) in [5.41, 5.74) is 1.21. The van der Waals surface area contributed by atoms with Crippen molar-refractivity contribution in [1.82, 2.24) is 0 Å². The molecule has 0 saturated carbocycles. The standard InChI is InChI=1S/C17H17NO3/c19-17-13-7-1-3-9-15(13)20-11-5-6-12-21-16-10-4-2-8-14(16)18-17/h1-4,7-10H,5-6,11-12H2,(H,18,19). The Hall–Kier alpha value is -2.49. The van der Waals surface area contributed by atoms with Crippen LogP contribution in [0.3, 0.4) is 0 Å². The predicted octanol–water partition coefficient (Wildman–Crippen LogP) is 3.49. The average Bonchev–Trinajstić information content (AvgIpc) is 2.51. The molecule has 0 unspecified atom stereocenters. The van der Waals surface area contributed by atoms with Gasteiger partial charge in [-0.3, -0.25) is 4.79 Å². The molecule has 0 fully saturated rings. The number of ether oxygens (including phenoxy) is 2. The van der Waals surface area contributed by atoms with Gasteiger partial charge >= 0.3 is 0 Å². The molecular weight excluding hydrogens is 266 g/mol. The summed E-state index contributed by atoms with van der Waals surface area (Å²) in [4.78, 5) is 12.4. The molecule has 108 valence electrons. The summed E-state index contributed by atoms with van der Waals surface area (Å²) in [5, 5.41) is 2.89. The van der Waals surface area contributed by atoms with E-state index in [1.807, 2.05) is 42.5 Å². The molecule has 0 spiro atoms. The number of carbonyl (C=O) groups excluding carboxylic acids is 1. The largest absolute Gasteiger partial charge is 0.493 e. The number of para-hydroxylation sites is 3. The third kappa shape index (κ3) is 3.16. The summed E-state index contributed by atoms with van der Waals surface area (Å²) in [6, 6.07) is 14.8. The second-order valence-corrected chi connectivity index (χ2v) is 4.85. The lowest BCUT2D eigenvalue weighted by atomic mass is 10.1. The van der Waals surface area contributed by atoms with Crippen molar-refractivity contribution >= 4 is 11.6 Å². The fourth-order valence-corrected chi connectivity index (χ4v) is 2.23. The van der Waals surface area contributed by atoms with Gasteiger partial charge in [-0.1, -0.05) is 24.3 Å². The Kier molecular flexibility index (Phi) is 4.05. The van der Waals surface area contributed by atoms with Crippen molar-refractivity contribution < 1.29 is 14.3 Å². The van der Waals surface area contributed by atoms with E-state index in [1.54, 1.807) is 6.07 Å². The predicted molar refractivity (Wildman–Crippen MR) is 81.1 cm³/mol. The number of hydrogen-bond acceptors (Lipinski definition) is 3. The Morgan fingerprint density at radius 2 is 1.43 bits per heavy atom. The molecule has 0 atom stereocenters. The number of nitrogens with one attached hydrogen (secondary N) is 1. The highest BCUT2D eigenvalue weighted by atomic mass is 16.5. The van der Waals surface area contributed by atoms with Crippen LogP contribution in [0.4, 0.5) is 5.69 Å². The molecule has 1 heterocycles. The van der Waals surface area contributed by atoms with Crippen LogP contribution in [-0.2, 0) is 0 Å². The van der Waals surface area contributed by atoms with Gasteiger partial charge in [-0.2, -0.15) is 0 Å². The first-order chi connectivity index (χ1) is 10.3.